The van der Waals surface area contributed by atoms with Crippen LogP contribution in [0.5, 0.6) is 0 Å². The zero-order chi connectivity index (χ0) is 13.7. The predicted molar refractivity (Wildman–Crippen MR) is 82.2 cm³/mol. The lowest BCUT2D eigenvalue weighted by Crippen LogP contribution is -2.19. The van der Waals surface area contributed by atoms with Crippen molar-refractivity contribution in [3.63, 3.8) is 0 Å². The van der Waals surface area contributed by atoms with Gasteiger partial charge >= 0.3 is 0 Å². The zero-order valence-corrected chi connectivity index (χ0v) is 12.4. The fourth-order valence-electron chi connectivity index (χ4n) is 1.84. The monoisotopic (exact) mass is 294 g/mol. The molecule has 0 aliphatic carbocycles. The quantitative estimate of drug-likeness (QED) is 0.889. The number of rotatable bonds is 5. The van der Waals surface area contributed by atoms with Gasteiger partial charge in [0, 0.05) is 25.5 Å². The molecule has 0 bridgehead atoms. The predicted octanol–water partition coefficient (Wildman–Crippen LogP) is 2.20. The van der Waals surface area contributed by atoms with Crippen molar-refractivity contribution in [2.75, 3.05) is 11.9 Å². The minimum Gasteiger partial charge on any atom is -0.320 e. The maximum Gasteiger partial charge on any atom is 0.273 e. The lowest BCUT2D eigenvalue weighted by molar-refractivity contribution is 0.101. The fraction of sp³-hybridized carbons (Fsp3) is 0.286. The van der Waals surface area contributed by atoms with Crippen LogP contribution >= 0.6 is 12.4 Å². The molecule has 5 nitrogen and oxygen atoms in total. The maximum atomic E-state index is 12.1. The Morgan fingerprint density at radius 3 is 2.70 bits per heavy atom. The molecule has 0 aliphatic heterocycles. The van der Waals surface area contributed by atoms with Gasteiger partial charge < -0.3 is 10.6 Å². The van der Waals surface area contributed by atoms with Gasteiger partial charge in [0.15, 0.2) is 0 Å². The largest absolute Gasteiger partial charge is 0.320 e. The van der Waals surface area contributed by atoms with Crippen molar-refractivity contribution in [1.29, 1.82) is 0 Å². The highest BCUT2D eigenvalue weighted by atomic mass is 35.5. The molecule has 2 aromatic rings. The van der Waals surface area contributed by atoms with Crippen LogP contribution in [0.3, 0.4) is 0 Å². The summed E-state index contributed by atoms with van der Waals surface area (Å²) in [5, 5.41) is 10.2. The molecule has 1 aromatic heterocycles. The highest BCUT2D eigenvalue weighted by molar-refractivity contribution is 6.03. The minimum atomic E-state index is -0.149. The molecule has 2 N–H and O–H groups in total. The summed E-state index contributed by atoms with van der Waals surface area (Å²) in [6.45, 7) is 3.68. The number of hydrogen-bond acceptors (Lipinski definition) is 3. The van der Waals surface area contributed by atoms with E-state index in [0.717, 1.165) is 24.3 Å². The highest BCUT2D eigenvalue weighted by Gasteiger charge is 2.11. The van der Waals surface area contributed by atoms with Gasteiger partial charge in [0.25, 0.3) is 5.91 Å². The Balaban J connectivity index is 0.00000200. The summed E-state index contributed by atoms with van der Waals surface area (Å²) in [7, 11) is 1.75. The first kappa shape index (κ1) is 16.2. The number of para-hydroxylation sites is 1. The van der Waals surface area contributed by atoms with Crippen LogP contribution in [0.1, 0.15) is 23.0 Å². The number of hydrogen-bond donors (Lipinski definition) is 2. The van der Waals surface area contributed by atoms with Crippen molar-refractivity contribution in [2.24, 2.45) is 7.05 Å². The number of halogens is 1. The first-order valence-electron chi connectivity index (χ1n) is 6.30. The van der Waals surface area contributed by atoms with Crippen molar-refractivity contribution in [3.05, 3.63) is 47.8 Å². The van der Waals surface area contributed by atoms with E-state index in [1.165, 1.54) is 0 Å². The van der Waals surface area contributed by atoms with Gasteiger partial charge in [-0.25, -0.2) is 0 Å². The third-order valence-electron chi connectivity index (χ3n) is 2.88. The van der Waals surface area contributed by atoms with Crippen molar-refractivity contribution < 1.29 is 4.79 Å². The van der Waals surface area contributed by atoms with E-state index < -0.39 is 0 Å². The summed E-state index contributed by atoms with van der Waals surface area (Å²) < 4.78 is 1.56. The summed E-state index contributed by atoms with van der Waals surface area (Å²) in [5.41, 5.74) is 2.44. The van der Waals surface area contributed by atoms with Gasteiger partial charge in [-0.1, -0.05) is 25.1 Å². The minimum absolute atomic E-state index is 0. The Bertz CT molecular complexity index is 568. The van der Waals surface area contributed by atoms with E-state index in [-0.39, 0.29) is 18.3 Å². The molecule has 1 heterocycles. The van der Waals surface area contributed by atoms with Gasteiger partial charge in [0.05, 0.1) is 0 Å². The second-order valence-electron chi connectivity index (χ2n) is 4.23. The van der Waals surface area contributed by atoms with Crippen LogP contribution in [-0.4, -0.2) is 22.2 Å². The number of nitrogens with zero attached hydrogens (tertiary/aromatic N) is 2. The van der Waals surface area contributed by atoms with Gasteiger partial charge in [0.1, 0.15) is 5.69 Å². The molecule has 0 saturated carbocycles. The molecule has 6 heteroatoms. The summed E-state index contributed by atoms with van der Waals surface area (Å²) in [6, 6.07) is 9.48. The molecule has 0 radical (unpaired) electrons. The molecule has 0 spiro atoms. The average Bonchev–Trinajstić information content (AvgIpc) is 2.84. The fourth-order valence-corrected chi connectivity index (χ4v) is 1.84. The molecule has 108 valence electrons. The highest BCUT2D eigenvalue weighted by Crippen LogP contribution is 2.15. The maximum absolute atomic E-state index is 12.1. The number of anilines is 1. The molecule has 0 aliphatic rings. The van der Waals surface area contributed by atoms with E-state index in [2.05, 4.69) is 22.7 Å². The molecule has 0 atom stereocenters. The van der Waals surface area contributed by atoms with Gasteiger partial charge in [-0.3, -0.25) is 9.48 Å². The zero-order valence-electron chi connectivity index (χ0n) is 11.6. The number of carbonyl (C=O) groups excluding carboxylic acids is 1. The molecule has 0 saturated heterocycles. The number of carbonyl (C=O) groups is 1. The lowest BCUT2D eigenvalue weighted by Gasteiger charge is -2.11. The Kier molecular flexibility index (Phi) is 6.21. The number of aryl methyl sites for hydroxylation is 1. The van der Waals surface area contributed by atoms with E-state index in [4.69, 9.17) is 0 Å². The van der Waals surface area contributed by atoms with Crippen LogP contribution in [0.25, 0.3) is 0 Å². The Labute approximate surface area is 124 Å². The molecular formula is C14H19ClN4O. The van der Waals surface area contributed by atoms with Crippen LogP contribution in [0.4, 0.5) is 5.69 Å². The van der Waals surface area contributed by atoms with Crippen molar-refractivity contribution >= 4 is 24.0 Å². The normalized spacial score (nSPS) is 9.90. The second-order valence-corrected chi connectivity index (χ2v) is 4.23. The van der Waals surface area contributed by atoms with Crippen molar-refractivity contribution in [3.8, 4) is 0 Å². The lowest BCUT2D eigenvalue weighted by atomic mass is 10.1. The van der Waals surface area contributed by atoms with Gasteiger partial charge in [-0.2, -0.15) is 5.10 Å². The third-order valence-corrected chi connectivity index (χ3v) is 2.88. The number of nitrogens with one attached hydrogen (secondary N) is 2. The van der Waals surface area contributed by atoms with Crippen LogP contribution in [-0.2, 0) is 13.6 Å². The van der Waals surface area contributed by atoms with Crippen LogP contribution in [0, 0.1) is 0 Å². The molecule has 1 amide bonds. The van der Waals surface area contributed by atoms with Crippen LogP contribution < -0.4 is 10.6 Å². The summed E-state index contributed by atoms with van der Waals surface area (Å²) in [4.78, 5) is 12.1. The summed E-state index contributed by atoms with van der Waals surface area (Å²) in [6.07, 6.45) is 1.61. The molecule has 0 unspecified atom stereocenters. The van der Waals surface area contributed by atoms with Gasteiger partial charge in [-0.15, -0.1) is 12.4 Å². The first-order chi connectivity index (χ1) is 9.22. The Morgan fingerprint density at radius 2 is 2.05 bits per heavy atom. The van der Waals surface area contributed by atoms with Crippen LogP contribution in [0.2, 0.25) is 0 Å². The SMILES string of the molecule is CCNCc1ccccc1NC(=O)c1ccnn1C.Cl. The molecule has 2 rings (SSSR count). The summed E-state index contributed by atoms with van der Waals surface area (Å²) >= 11 is 0. The standard InChI is InChI=1S/C14H18N4O.ClH/c1-3-15-10-11-6-4-5-7-12(11)17-14(19)13-8-9-16-18(13)2;/h4-9,15H,3,10H2,1-2H3,(H,17,19);1H. The van der Waals surface area contributed by atoms with E-state index in [1.54, 1.807) is 24.0 Å². The van der Waals surface area contributed by atoms with Crippen molar-refractivity contribution in [1.82, 2.24) is 15.1 Å². The molecular weight excluding hydrogens is 276 g/mol. The number of benzene rings is 1. The Morgan fingerprint density at radius 1 is 1.30 bits per heavy atom. The molecule has 20 heavy (non-hydrogen) atoms. The van der Waals surface area contributed by atoms with E-state index in [1.807, 2.05) is 24.3 Å². The van der Waals surface area contributed by atoms with Crippen molar-refractivity contribution in [2.45, 2.75) is 13.5 Å². The second kappa shape index (κ2) is 7.67. The molecule has 1 aromatic carbocycles. The van der Waals surface area contributed by atoms with E-state index in [0.29, 0.717) is 5.69 Å². The third kappa shape index (κ3) is 3.82. The van der Waals surface area contributed by atoms with E-state index >= 15 is 0 Å². The Hall–Kier alpha value is -1.85. The molecule has 0 fully saturated rings. The van der Waals surface area contributed by atoms with Gasteiger partial charge in [-0.05, 0) is 24.2 Å². The van der Waals surface area contributed by atoms with Gasteiger partial charge in [0.2, 0.25) is 0 Å². The van der Waals surface area contributed by atoms with Crippen LogP contribution in [0.15, 0.2) is 36.5 Å². The smallest absolute Gasteiger partial charge is 0.273 e. The first-order valence-corrected chi connectivity index (χ1v) is 6.30. The average molecular weight is 295 g/mol. The number of amides is 1. The van der Waals surface area contributed by atoms with E-state index in [9.17, 15) is 4.79 Å². The summed E-state index contributed by atoms with van der Waals surface area (Å²) in [5.74, 6) is -0.149. The number of aromatic nitrogens is 2. The topological polar surface area (TPSA) is 58.9 Å².